The lowest BCUT2D eigenvalue weighted by Gasteiger charge is -2.09. The van der Waals surface area contributed by atoms with E-state index in [2.05, 4.69) is 21.8 Å². The maximum atomic E-state index is 13.3. The van der Waals surface area contributed by atoms with Gasteiger partial charge in [0.15, 0.2) is 5.65 Å². The summed E-state index contributed by atoms with van der Waals surface area (Å²) < 4.78 is 21.8. The first kappa shape index (κ1) is 23.1. The highest BCUT2D eigenvalue weighted by molar-refractivity contribution is 5.75. The minimum absolute atomic E-state index is 0.123. The molecule has 4 aromatic rings. The second kappa shape index (κ2) is 10.2. The number of nitrogens with zero attached hydrogens (tertiary/aromatic N) is 3. The first-order valence-electron chi connectivity index (χ1n) is 11.2. The molecule has 0 atom stereocenters. The van der Waals surface area contributed by atoms with Crippen LogP contribution in [0.2, 0.25) is 0 Å². The molecule has 0 unspecified atom stereocenters. The molecule has 0 aliphatic rings. The monoisotopic (exact) mass is 460 g/mol. The molecular formula is C26H25FN4O3. The number of hydrogen-bond acceptors (Lipinski definition) is 4. The van der Waals surface area contributed by atoms with Crippen LogP contribution >= 0.6 is 0 Å². The summed E-state index contributed by atoms with van der Waals surface area (Å²) in [6.45, 7) is 4.84. The van der Waals surface area contributed by atoms with Gasteiger partial charge in [-0.3, -0.25) is 13.9 Å². The number of aromatic amines is 1. The Morgan fingerprint density at radius 1 is 1.03 bits per heavy atom. The maximum Gasteiger partial charge on any atom is 0.332 e. The molecule has 0 spiro atoms. The lowest BCUT2D eigenvalue weighted by atomic mass is 10.2. The standard InChI is InChI=1S/C26H25FN4O3/c1-3-13-30-24-22(25(32)31(14-4-2)26(30)33)28-23(29-24)19-10-6-12-21(17-19)34-15-7-9-18-8-5-11-20(27)16-18/h5-6,8,10-12,16-17H,3-4,13-15H2,1-2H3,(H,28,29). The Labute approximate surface area is 195 Å². The predicted molar refractivity (Wildman–Crippen MR) is 129 cm³/mol. The van der Waals surface area contributed by atoms with Crippen LogP contribution in [-0.2, 0) is 13.1 Å². The molecule has 174 valence electrons. The quantitative estimate of drug-likeness (QED) is 0.424. The van der Waals surface area contributed by atoms with Gasteiger partial charge in [-0.25, -0.2) is 14.2 Å². The maximum absolute atomic E-state index is 13.3. The normalized spacial score (nSPS) is 10.8. The summed E-state index contributed by atoms with van der Waals surface area (Å²) in [6, 6.07) is 13.3. The van der Waals surface area contributed by atoms with Crippen molar-refractivity contribution in [2.24, 2.45) is 0 Å². The van der Waals surface area contributed by atoms with E-state index in [1.165, 1.54) is 16.7 Å². The van der Waals surface area contributed by atoms with Crippen LogP contribution in [0.1, 0.15) is 32.3 Å². The molecule has 0 saturated heterocycles. The zero-order chi connectivity index (χ0) is 24.1. The highest BCUT2D eigenvalue weighted by atomic mass is 19.1. The van der Waals surface area contributed by atoms with Gasteiger partial charge < -0.3 is 9.72 Å². The van der Waals surface area contributed by atoms with Gasteiger partial charge in [-0.05, 0) is 43.2 Å². The zero-order valence-corrected chi connectivity index (χ0v) is 19.1. The number of halogens is 1. The summed E-state index contributed by atoms with van der Waals surface area (Å²) >= 11 is 0. The number of ether oxygens (including phenoxy) is 1. The summed E-state index contributed by atoms with van der Waals surface area (Å²) in [4.78, 5) is 33.5. The highest BCUT2D eigenvalue weighted by Gasteiger charge is 2.17. The van der Waals surface area contributed by atoms with Crippen LogP contribution in [0.25, 0.3) is 22.6 Å². The van der Waals surface area contributed by atoms with Crippen molar-refractivity contribution in [2.45, 2.75) is 39.8 Å². The third-order valence-electron chi connectivity index (χ3n) is 5.23. The molecule has 8 heteroatoms. The fraction of sp³-hybridized carbons (Fsp3) is 0.269. The Morgan fingerprint density at radius 2 is 1.79 bits per heavy atom. The van der Waals surface area contributed by atoms with Crippen LogP contribution in [0.5, 0.6) is 5.75 Å². The van der Waals surface area contributed by atoms with E-state index in [1.807, 2.05) is 26.0 Å². The van der Waals surface area contributed by atoms with E-state index in [0.29, 0.717) is 53.4 Å². The zero-order valence-electron chi connectivity index (χ0n) is 19.1. The van der Waals surface area contributed by atoms with Crippen LogP contribution in [-0.4, -0.2) is 25.7 Å². The van der Waals surface area contributed by atoms with Crippen LogP contribution < -0.4 is 16.0 Å². The molecule has 34 heavy (non-hydrogen) atoms. The van der Waals surface area contributed by atoms with Gasteiger partial charge in [-0.15, -0.1) is 0 Å². The van der Waals surface area contributed by atoms with Crippen molar-refractivity contribution in [3.05, 3.63) is 80.7 Å². The summed E-state index contributed by atoms with van der Waals surface area (Å²) in [7, 11) is 0. The molecule has 0 bridgehead atoms. The molecule has 7 nitrogen and oxygen atoms in total. The lowest BCUT2D eigenvalue weighted by Crippen LogP contribution is -2.40. The third kappa shape index (κ3) is 4.79. The minimum Gasteiger partial charge on any atom is -0.481 e. The van der Waals surface area contributed by atoms with E-state index < -0.39 is 0 Å². The molecule has 2 aromatic heterocycles. The van der Waals surface area contributed by atoms with Gasteiger partial charge in [0, 0.05) is 24.2 Å². The smallest absolute Gasteiger partial charge is 0.332 e. The van der Waals surface area contributed by atoms with Crippen molar-refractivity contribution >= 4 is 11.2 Å². The van der Waals surface area contributed by atoms with Crippen molar-refractivity contribution in [1.29, 1.82) is 0 Å². The molecule has 0 aliphatic carbocycles. The molecule has 2 heterocycles. The Morgan fingerprint density at radius 3 is 2.56 bits per heavy atom. The van der Waals surface area contributed by atoms with E-state index in [-0.39, 0.29) is 23.7 Å². The van der Waals surface area contributed by atoms with E-state index in [0.717, 1.165) is 6.42 Å². The summed E-state index contributed by atoms with van der Waals surface area (Å²) in [5.41, 5.74) is 1.24. The average molecular weight is 461 g/mol. The van der Waals surface area contributed by atoms with Gasteiger partial charge in [-0.1, -0.05) is 43.9 Å². The van der Waals surface area contributed by atoms with Gasteiger partial charge in [-0.2, -0.15) is 0 Å². The summed E-state index contributed by atoms with van der Waals surface area (Å²) in [5, 5.41) is 0. The molecule has 0 amide bonds. The van der Waals surface area contributed by atoms with E-state index in [1.54, 1.807) is 28.8 Å². The summed E-state index contributed by atoms with van der Waals surface area (Å²) in [6.07, 6.45) is 1.41. The molecule has 0 aliphatic heterocycles. The number of nitrogens with one attached hydrogen (secondary N) is 1. The molecule has 0 radical (unpaired) electrons. The number of aryl methyl sites for hydroxylation is 1. The SMILES string of the molecule is CCCn1c(=O)c2[nH]c(-c3cccc(OCC#Cc4cccc(F)c4)c3)nc2n(CCC)c1=O. The second-order valence-corrected chi connectivity index (χ2v) is 7.80. The summed E-state index contributed by atoms with van der Waals surface area (Å²) in [5.74, 6) is 6.44. The average Bonchev–Trinajstić information content (AvgIpc) is 3.28. The molecule has 4 rings (SSSR count). The van der Waals surface area contributed by atoms with Crippen molar-refractivity contribution in [2.75, 3.05) is 6.61 Å². The number of H-pyrrole nitrogens is 1. The second-order valence-electron chi connectivity index (χ2n) is 7.80. The number of hydrogen-bond donors (Lipinski definition) is 1. The van der Waals surface area contributed by atoms with E-state index >= 15 is 0 Å². The molecule has 2 aromatic carbocycles. The Bertz CT molecular complexity index is 1500. The first-order valence-corrected chi connectivity index (χ1v) is 11.2. The molecule has 0 fully saturated rings. The minimum atomic E-state index is -0.368. The van der Waals surface area contributed by atoms with E-state index in [9.17, 15) is 14.0 Å². The van der Waals surface area contributed by atoms with Crippen molar-refractivity contribution in [3.63, 3.8) is 0 Å². The van der Waals surface area contributed by atoms with Gasteiger partial charge in [0.1, 0.15) is 29.5 Å². The van der Waals surface area contributed by atoms with Gasteiger partial charge in [0.2, 0.25) is 0 Å². The van der Waals surface area contributed by atoms with Crippen LogP contribution in [0.3, 0.4) is 0 Å². The number of fused-ring (bicyclic) bond motifs is 1. The Hall–Kier alpha value is -4.12. The van der Waals surface area contributed by atoms with Crippen LogP contribution in [0.4, 0.5) is 4.39 Å². The largest absolute Gasteiger partial charge is 0.481 e. The van der Waals surface area contributed by atoms with Gasteiger partial charge in [0.25, 0.3) is 5.56 Å². The lowest BCUT2D eigenvalue weighted by molar-refractivity contribution is 0.370. The van der Waals surface area contributed by atoms with Crippen LogP contribution in [0, 0.1) is 17.7 Å². The van der Waals surface area contributed by atoms with Crippen molar-refractivity contribution < 1.29 is 9.13 Å². The number of imidazole rings is 1. The Kier molecular flexibility index (Phi) is 6.93. The molecule has 0 saturated carbocycles. The third-order valence-corrected chi connectivity index (χ3v) is 5.23. The highest BCUT2D eigenvalue weighted by Crippen LogP contribution is 2.23. The molecule has 1 N–H and O–H groups in total. The van der Waals surface area contributed by atoms with Crippen molar-refractivity contribution in [1.82, 2.24) is 19.1 Å². The van der Waals surface area contributed by atoms with Gasteiger partial charge in [0.05, 0.1) is 0 Å². The number of aromatic nitrogens is 4. The topological polar surface area (TPSA) is 81.9 Å². The number of benzene rings is 2. The first-order chi connectivity index (χ1) is 16.5. The van der Waals surface area contributed by atoms with Crippen molar-refractivity contribution in [3.8, 4) is 29.0 Å². The fourth-order valence-corrected chi connectivity index (χ4v) is 3.71. The number of rotatable bonds is 7. The fourth-order valence-electron chi connectivity index (χ4n) is 3.71. The van der Waals surface area contributed by atoms with Gasteiger partial charge >= 0.3 is 5.69 Å². The predicted octanol–water partition coefficient (Wildman–Crippen LogP) is 3.94. The molecular weight excluding hydrogens is 435 g/mol. The van der Waals surface area contributed by atoms with E-state index in [4.69, 9.17) is 4.74 Å². The Balaban J connectivity index is 1.63. The van der Waals surface area contributed by atoms with Crippen LogP contribution in [0.15, 0.2) is 58.1 Å².